The number of guanidine groups is 1. The minimum atomic E-state index is 0. The van der Waals surface area contributed by atoms with Crippen LogP contribution in [0, 0.1) is 5.92 Å². The van der Waals surface area contributed by atoms with E-state index in [9.17, 15) is 0 Å². The standard InChI is InChI=1S/C16H32N4.HI/c1-14-8-7-11-20(13-14)15(2)12-18-16(17)19-9-5-3-4-6-10-19;/h14-15H,3-13H2,1-2H3,(H2,17,18);1H. The van der Waals surface area contributed by atoms with Gasteiger partial charge in [-0.05, 0) is 45.1 Å². The average Bonchev–Trinajstić information content (AvgIpc) is 2.73. The molecule has 0 amide bonds. The van der Waals surface area contributed by atoms with Crippen molar-refractivity contribution in [1.29, 1.82) is 0 Å². The summed E-state index contributed by atoms with van der Waals surface area (Å²) in [5.74, 6) is 1.60. The van der Waals surface area contributed by atoms with E-state index in [1.165, 1.54) is 51.6 Å². The fourth-order valence-corrected chi connectivity index (χ4v) is 3.37. The maximum Gasteiger partial charge on any atom is 0.191 e. The lowest BCUT2D eigenvalue weighted by molar-refractivity contribution is 0.142. The molecule has 4 nitrogen and oxygen atoms in total. The van der Waals surface area contributed by atoms with E-state index in [0.29, 0.717) is 6.04 Å². The minimum absolute atomic E-state index is 0. The number of hydrogen-bond donors (Lipinski definition) is 1. The second kappa shape index (κ2) is 9.87. The molecule has 2 saturated heterocycles. The highest BCUT2D eigenvalue weighted by Gasteiger charge is 2.20. The largest absolute Gasteiger partial charge is 0.370 e. The van der Waals surface area contributed by atoms with Crippen molar-refractivity contribution in [2.24, 2.45) is 16.6 Å². The third-order valence-corrected chi connectivity index (χ3v) is 4.76. The first-order chi connectivity index (χ1) is 9.66. The molecule has 0 aromatic rings. The topological polar surface area (TPSA) is 44.9 Å². The lowest BCUT2D eigenvalue weighted by Gasteiger charge is -2.35. The highest BCUT2D eigenvalue weighted by Crippen LogP contribution is 2.17. The van der Waals surface area contributed by atoms with E-state index >= 15 is 0 Å². The lowest BCUT2D eigenvalue weighted by Crippen LogP contribution is -2.43. The van der Waals surface area contributed by atoms with E-state index in [2.05, 4.69) is 28.6 Å². The maximum atomic E-state index is 6.18. The Hall–Kier alpha value is -0.0400. The predicted molar refractivity (Wildman–Crippen MR) is 101 cm³/mol. The van der Waals surface area contributed by atoms with E-state index in [1.54, 1.807) is 0 Å². The Morgan fingerprint density at radius 2 is 1.81 bits per heavy atom. The number of rotatable bonds is 3. The third kappa shape index (κ3) is 6.30. The van der Waals surface area contributed by atoms with Gasteiger partial charge in [-0.15, -0.1) is 24.0 Å². The molecule has 2 fully saturated rings. The van der Waals surface area contributed by atoms with Crippen molar-refractivity contribution in [1.82, 2.24) is 9.80 Å². The smallest absolute Gasteiger partial charge is 0.191 e. The van der Waals surface area contributed by atoms with Gasteiger partial charge in [0.25, 0.3) is 0 Å². The van der Waals surface area contributed by atoms with Crippen molar-refractivity contribution in [3.05, 3.63) is 0 Å². The van der Waals surface area contributed by atoms with Crippen LogP contribution in [0.3, 0.4) is 0 Å². The SMILES string of the molecule is CC1CCCN(C(C)CN=C(N)N2CCCCCC2)C1.I. The number of piperidine rings is 1. The number of nitrogens with two attached hydrogens (primary N) is 1. The molecule has 0 saturated carbocycles. The fraction of sp³-hybridized carbons (Fsp3) is 0.938. The Bertz CT molecular complexity index is 313. The van der Waals surface area contributed by atoms with Gasteiger partial charge in [-0.3, -0.25) is 9.89 Å². The summed E-state index contributed by atoms with van der Waals surface area (Å²) in [6.45, 7) is 10.1. The van der Waals surface area contributed by atoms with Gasteiger partial charge in [0.15, 0.2) is 5.96 Å². The van der Waals surface area contributed by atoms with Gasteiger partial charge in [-0.1, -0.05) is 19.8 Å². The van der Waals surface area contributed by atoms with Crippen LogP contribution in [-0.4, -0.2) is 54.5 Å². The zero-order valence-corrected chi connectivity index (χ0v) is 16.1. The molecular formula is C16H33IN4. The van der Waals surface area contributed by atoms with Crippen molar-refractivity contribution in [3.8, 4) is 0 Å². The van der Waals surface area contributed by atoms with Gasteiger partial charge in [0.1, 0.15) is 0 Å². The van der Waals surface area contributed by atoms with Crippen LogP contribution in [0.15, 0.2) is 4.99 Å². The van der Waals surface area contributed by atoms with Gasteiger partial charge < -0.3 is 10.6 Å². The summed E-state index contributed by atoms with van der Waals surface area (Å²) in [5.41, 5.74) is 6.18. The first kappa shape index (κ1) is 19.0. The number of hydrogen-bond acceptors (Lipinski definition) is 2. The zero-order chi connectivity index (χ0) is 14.4. The molecule has 0 bridgehead atoms. The molecule has 2 heterocycles. The van der Waals surface area contributed by atoms with Crippen LogP contribution in [0.5, 0.6) is 0 Å². The zero-order valence-electron chi connectivity index (χ0n) is 13.8. The monoisotopic (exact) mass is 408 g/mol. The van der Waals surface area contributed by atoms with Crippen molar-refractivity contribution in [3.63, 3.8) is 0 Å². The molecular weight excluding hydrogens is 375 g/mol. The van der Waals surface area contributed by atoms with Gasteiger partial charge in [-0.25, -0.2) is 0 Å². The summed E-state index contributed by atoms with van der Waals surface area (Å²) in [6.07, 6.45) is 7.90. The quantitative estimate of drug-likeness (QED) is 0.444. The molecule has 2 rings (SSSR count). The molecule has 0 spiro atoms. The van der Waals surface area contributed by atoms with Crippen LogP contribution in [0.4, 0.5) is 0 Å². The fourth-order valence-electron chi connectivity index (χ4n) is 3.37. The molecule has 2 atom stereocenters. The summed E-state index contributed by atoms with van der Waals surface area (Å²) in [6, 6.07) is 0.517. The van der Waals surface area contributed by atoms with Crippen molar-refractivity contribution in [2.45, 2.75) is 58.4 Å². The van der Waals surface area contributed by atoms with Crippen LogP contribution in [0.2, 0.25) is 0 Å². The van der Waals surface area contributed by atoms with Gasteiger partial charge in [0.2, 0.25) is 0 Å². The predicted octanol–water partition coefficient (Wildman–Crippen LogP) is 2.92. The Balaban J connectivity index is 0.00000220. The highest BCUT2D eigenvalue weighted by atomic mass is 127. The second-order valence-corrected chi connectivity index (χ2v) is 6.69. The molecule has 5 heteroatoms. The minimum Gasteiger partial charge on any atom is -0.370 e. The molecule has 0 aromatic heterocycles. The van der Waals surface area contributed by atoms with Gasteiger partial charge >= 0.3 is 0 Å². The van der Waals surface area contributed by atoms with Crippen LogP contribution < -0.4 is 5.73 Å². The lowest BCUT2D eigenvalue weighted by atomic mass is 9.99. The molecule has 2 N–H and O–H groups in total. The number of likely N-dealkylation sites (tertiary alicyclic amines) is 2. The van der Waals surface area contributed by atoms with Crippen LogP contribution in [0.1, 0.15) is 52.4 Å². The summed E-state index contributed by atoms with van der Waals surface area (Å²) < 4.78 is 0. The first-order valence-electron chi connectivity index (χ1n) is 8.45. The van der Waals surface area contributed by atoms with Crippen LogP contribution >= 0.6 is 24.0 Å². The summed E-state index contributed by atoms with van der Waals surface area (Å²) >= 11 is 0. The van der Waals surface area contributed by atoms with Crippen LogP contribution in [-0.2, 0) is 0 Å². The molecule has 0 radical (unpaired) electrons. The molecule has 2 aliphatic rings. The Labute approximate surface area is 147 Å². The maximum absolute atomic E-state index is 6.18. The molecule has 2 aliphatic heterocycles. The van der Waals surface area contributed by atoms with Crippen molar-refractivity contribution >= 4 is 29.9 Å². The Kier molecular flexibility index (Phi) is 8.94. The van der Waals surface area contributed by atoms with Gasteiger partial charge in [0.05, 0.1) is 6.54 Å². The Morgan fingerprint density at radius 3 is 2.43 bits per heavy atom. The normalized spacial score (nSPS) is 26.9. The van der Waals surface area contributed by atoms with Gasteiger partial charge in [0, 0.05) is 25.7 Å². The van der Waals surface area contributed by atoms with Crippen molar-refractivity contribution in [2.75, 3.05) is 32.7 Å². The molecule has 21 heavy (non-hydrogen) atoms. The van der Waals surface area contributed by atoms with E-state index in [-0.39, 0.29) is 24.0 Å². The molecule has 0 aliphatic carbocycles. The molecule has 2 unspecified atom stereocenters. The van der Waals surface area contributed by atoms with Crippen molar-refractivity contribution < 1.29 is 0 Å². The summed E-state index contributed by atoms with van der Waals surface area (Å²) in [5, 5.41) is 0. The first-order valence-corrected chi connectivity index (χ1v) is 8.45. The van der Waals surface area contributed by atoms with E-state index < -0.39 is 0 Å². The third-order valence-electron chi connectivity index (χ3n) is 4.76. The number of halogens is 1. The second-order valence-electron chi connectivity index (χ2n) is 6.69. The number of aliphatic imine (C=N–C) groups is 1. The van der Waals surface area contributed by atoms with Crippen LogP contribution in [0.25, 0.3) is 0 Å². The van der Waals surface area contributed by atoms with E-state index in [1.807, 2.05) is 0 Å². The average molecular weight is 408 g/mol. The Morgan fingerprint density at radius 1 is 1.14 bits per heavy atom. The summed E-state index contributed by atoms with van der Waals surface area (Å²) in [7, 11) is 0. The van der Waals surface area contributed by atoms with E-state index in [4.69, 9.17) is 5.73 Å². The highest BCUT2D eigenvalue weighted by molar-refractivity contribution is 14.0. The van der Waals surface area contributed by atoms with E-state index in [0.717, 1.165) is 31.5 Å². The van der Waals surface area contributed by atoms with Gasteiger partial charge in [-0.2, -0.15) is 0 Å². The number of nitrogens with zero attached hydrogens (tertiary/aromatic N) is 3. The summed E-state index contributed by atoms with van der Waals surface area (Å²) in [4.78, 5) is 9.52. The molecule has 0 aromatic carbocycles. The molecule has 124 valence electrons.